The van der Waals surface area contributed by atoms with Gasteiger partial charge in [-0.25, -0.2) is 0 Å². The lowest BCUT2D eigenvalue weighted by atomic mass is 10.4. The zero-order chi connectivity index (χ0) is 10.8. The second-order valence-electron chi connectivity index (χ2n) is 4.71. The summed E-state index contributed by atoms with van der Waals surface area (Å²) in [5.41, 5.74) is -0.777. The van der Waals surface area contributed by atoms with Gasteiger partial charge < -0.3 is 14.7 Å². The fourth-order valence-electron chi connectivity index (χ4n) is 1.33. The summed E-state index contributed by atoms with van der Waals surface area (Å²) in [4.78, 5) is 13.5. The third kappa shape index (κ3) is 2.80. The number of hydrogen-bond acceptors (Lipinski definition) is 3. The first kappa shape index (κ1) is 11.7. The number of ether oxygens (including phenoxy) is 1. The molecular formula is C9H19NO3Si. The molecule has 0 radical (unpaired) electrons. The molecule has 1 aliphatic heterocycles. The maximum Gasteiger partial charge on any atom is 0.248 e. The van der Waals surface area contributed by atoms with E-state index in [0.717, 1.165) is 0 Å². The number of rotatable bonds is 2. The summed E-state index contributed by atoms with van der Waals surface area (Å²) < 4.78 is 5.15. The zero-order valence-electron chi connectivity index (χ0n) is 9.12. The van der Waals surface area contributed by atoms with Gasteiger partial charge in [-0.1, -0.05) is 19.6 Å². The first-order valence-electron chi connectivity index (χ1n) is 4.97. The first-order valence-corrected chi connectivity index (χ1v) is 8.55. The number of nitrogens with zero attached hydrogens (tertiary/aromatic N) is 1. The van der Waals surface area contributed by atoms with Gasteiger partial charge in [0.1, 0.15) is 5.73 Å². The maximum absolute atomic E-state index is 11.8. The summed E-state index contributed by atoms with van der Waals surface area (Å²) in [6, 6.07) is 0. The van der Waals surface area contributed by atoms with Gasteiger partial charge in [-0.2, -0.15) is 0 Å². The molecule has 82 valence electrons. The fourth-order valence-corrected chi connectivity index (χ4v) is 2.25. The molecule has 0 aromatic carbocycles. The Morgan fingerprint density at radius 3 is 2.29 bits per heavy atom. The third-order valence-electron chi connectivity index (χ3n) is 2.38. The van der Waals surface area contributed by atoms with Gasteiger partial charge in [0.25, 0.3) is 0 Å². The van der Waals surface area contributed by atoms with E-state index in [4.69, 9.17) is 4.74 Å². The van der Waals surface area contributed by atoms with Crippen LogP contribution in [0.1, 0.15) is 0 Å². The second-order valence-corrected chi connectivity index (χ2v) is 9.99. The molecule has 1 rings (SSSR count). The minimum Gasteiger partial charge on any atom is -0.387 e. The van der Waals surface area contributed by atoms with E-state index in [9.17, 15) is 9.90 Å². The summed E-state index contributed by atoms with van der Waals surface area (Å²) in [5, 5.41) is 9.84. The monoisotopic (exact) mass is 217 g/mol. The van der Waals surface area contributed by atoms with E-state index < -0.39 is 13.8 Å². The lowest BCUT2D eigenvalue weighted by Crippen LogP contribution is -2.53. The Morgan fingerprint density at radius 1 is 1.36 bits per heavy atom. The average Bonchev–Trinajstić information content (AvgIpc) is 2.15. The number of aliphatic hydroxyl groups excluding tert-OH is 1. The van der Waals surface area contributed by atoms with E-state index in [1.54, 1.807) is 4.90 Å². The molecule has 5 heteroatoms. The van der Waals surface area contributed by atoms with E-state index in [-0.39, 0.29) is 5.91 Å². The van der Waals surface area contributed by atoms with Crippen LogP contribution in [0, 0.1) is 0 Å². The Balaban J connectivity index is 2.55. The van der Waals surface area contributed by atoms with Crippen molar-refractivity contribution < 1.29 is 14.6 Å². The van der Waals surface area contributed by atoms with Crippen molar-refractivity contribution in [3.8, 4) is 0 Å². The minimum absolute atomic E-state index is 0.118. The minimum atomic E-state index is -1.78. The highest BCUT2D eigenvalue weighted by atomic mass is 28.3. The Bertz CT molecular complexity index is 209. The van der Waals surface area contributed by atoms with Crippen LogP contribution in [0.25, 0.3) is 0 Å². The largest absolute Gasteiger partial charge is 0.387 e. The van der Waals surface area contributed by atoms with Crippen LogP contribution in [0.3, 0.4) is 0 Å². The lowest BCUT2D eigenvalue weighted by molar-refractivity contribution is -0.140. The van der Waals surface area contributed by atoms with Crippen LogP contribution in [0.15, 0.2) is 0 Å². The van der Waals surface area contributed by atoms with Crippen molar-refractivity contribution >= 4 is 14.0 Å². The Hall–Kier alpha value is -0.393. The topological polar surface area (TPSA) is 49.8 Å². The predicted molar refractivity (Wildman–Crippen MR) is 56.8 cm³/mol. The van der Waals surface area contributed by atoms with Crippen LogP contribution in [-0.2, 0) is 9.53 Å². The van der Waals surface area contributed by atoms with Gasteiger partial charge in [0.2, 0.25) is 5.91 Å². The molecule has 1 amide bonds. The quantitative estimate of drug-likeness (QED) is 0.667. The molecule has 0 bridgehead atoms. The zero-order valence-corrected chi connectivity index (χ0v) is 10.1. The average molecular weight is 217 g/mol. The number of hydrogen-bond donors (Lipinski definition) is 1. The highest BCUT2D eigenvalue weighted by molar-refractivity contribution is 6.80. The van der Waals surface area contributed by atoms with Crippen LogP contribution in [0.2, 0.25) is 19.6 Å². The molecule has 0 saturated carbocycles. The van der Waals surface area contributed by atoms with E-state index in [2.05, 4.69) is 0 Å². The summed E-state index contributed by atoms with van der Waals surface area (Å²) >= 11 is 0. The number of morpholine rings is 1. The van der Waals surface area contributed by atoms with Crippen molar-refractivity contribution in [1.82, 2.24) is 4.90 Å². The van der Waals surface area contributed by atoms with Crippen LogP contribution in [0.4, 0.5) is 0 Å². The van der Waals surface area contributed by atoms with Crippen molar-refractivity contribution in [2.75, 3.05) is 26.3 Å². The van der Waals surface area contributed by atoms with Crippen molar-refractivity contribution in [2.45, 2.75) is 25.4 Å². The Kier molecular flexibility index (Phi) is 3.69. The summed E-state index contributed by atoms with van der Waals surface area (Å²) in [6.07, 6.45) is 0. The molecule has 1 N–H and O–H groups in total. The third-order valence-corrected chi connectivity index (χ3v) is 4.26. The normalized spacial score (nSPS) is 20.7. The van der Waals surface area contributed by atoms with Gasteiger partial charge in [0, 0.05) is 13.1 Å². The molecule has 1 aliphatic rings. The molecule has 1 unspecified atom stereocenters. The molecule has 1 saturated heterocycles. The van der Waals surface area contributed by atoms with Gasteiger partial charge in [-0.3, -0.25) is 4.79 Å². The molecule has 4 nitrogen and oxygen atoms in total. The van der Waals surface area contributed by atoms with Crippen molar-refractivity contribution in [3.05, 3.63) is 0 Å². The molecule has 0 spiro atoms. The number of amides is 1. The van der Waals surface area contributed by atoms with Gasteiger partial charge >= 0.3 is 0 Å². The van der Waals surface area contributed by atoms with Crippen molar-refractivity contribution in [3.63, 3.8) is 0 Å². The van der Waals surface area contributed by atoms with Gasteiger partial charge in [-0.15, -0.1) is 0 Å². The highest BCUT2D eigenvalue weighted by Gasteiger charge is 2.34. The van der Waals surface area contributed by atoms with Crippen LogP contribution in [-0.4, -0.2) is 56.0 Å². The van der Waals surface area contributed by atoms with Crippen LogP contribution < -0.4 is 0 Å². The van der Waals surface area contributed by atoms with Gasteiger partial charge in [0.15, 0.2) is 0 Å². The highest BCUT2D eigenvalue weighted by Crippen LogP contribution is 2.11. The van der Waals surface area contributed by atoms with Crippen molar-refractivity contribution in [2.24, 2.45) is 0 Å². The molecule has 0 aromatic heterocycles. The molecule has 14 heavy (non-hydrogen) atoms. The van der Waals surface area contributed by atoms with E-state index in [1.807, 2.05) is 19.6 Å². The smallest absolute Gasteiger partial charge is 0.248 e. The number of carbonyl (C=O) groups is 1. The van der Waals surface area contributed by atoms with E-state index >= 15 is 0 Å². The van der Waals surface area contributed by atoms with Gasteiger partial charge in [-0.05, 0) is 0 Å². The molecule has 1 atom stereocenters. The summed E-state index contributed by atoms with van der Waals surface area (Å²) in [5.74, 6) is -0.118. The number of aliphatic hydroxyl groups is 1. The van der Waals surface area contributed by atoms with E-state index in [0.29, 0.717) is 26.3 Å². The second kappa shape index (κ2) is 4.42. The lowest BCUT2D eigenvalue weighted by Gasteiger charge is -2.32. The molecule has 1 heterocycles. The summed E-state index contributed by atoms with van der Waals surface area (Å²) in [7, 11) is -1.78. The number of carbonyl (C=O) groups excluding carboxylic acids is 1. The van der Waals surface area contributed by atoms with Crippen LogP contribution in [0.5, 0.6) is 0 Å². The molecular weight excluding hydrogens is 198 g/mol. The maximum atomic E-state index is 11.8. The Labute approximate surface area is 85.9 Å². The Morgan fingerprint density at radius 2 is 1.86 bits per heavy atom. The first-order chi connectivity index (χ1) is 6.43. The molecule has 0 aromatic rings. The fraction of sp³-hybridized carbons (Fsp3) is 0.889. The molecule has 1 fully saturated rings. The van der Waals surface area contributed by atoms with Gasteiger partial charge in [0.05, 0.1) is 21.3 Å². The predicted octanol–water partition coefficient (Wildman–Crippen LogP) is 0.0835. The van der Waals surface area contributed by atoms with Crippen LogP contribution >= 0.6 is 0 Å². The SMILES string of the molecule is C[Si](C)(C)C(O)C(=O)N1CCOCC1. The summed E-state index contributed by atoms with van der Waals surface area (Å²) in [6.45, 7) is 8.39. The molecule has 0 aliphatic carbocycles. The van der Waals surface area contributed by atoms with E-state index in [1.165, 1.54) is 0 Å². The van der Waals surface area contributed by atoms with Crippen molar-refractivity contribution in [1.29, 1.82) is 0 Å². The standard InChI is InChI=1S/C9H19NO3Si/c1-14(2,3)9(12)8(11)10-4-6-13-7-5-10/h9,12H,4-7H2,1-3H3.